The first-order valence-electron chi connectivity index (χ1n) is 9.20. The van der Waals surface area contributed by atoms with Crippen LogP contribution in [0.1, 0.15) is 41.9 Å². The summed E-state index contributed by atoms with van der Waals surface area (Å²) in [5, 5.41) is 8.63. The molecular weight excluding hydrogens is 381 g/mol. The lowest BCUT2D eigenvalue weighted by molar-refractivity contribution is -0.122. The summed E-state index contributed by atoms with van der Waals surface area (Å²) in [5.41, 5.74) is 0.779. The van der Waals surface area contributed by atoms with Gasteiger partial charge in [0.25, 0.3) is 0 Å². The quantitative estimate of drug-likeness (QED) is 0.708. The second-order valence-electron chi connectivity index (χ2n) is 7.12. The van der Waals surface area contributed by atoms with E-state index in [2.05, 4.69) is 15.6 Å². The van der Waals surface area contributed by atoms with Gasteiger partial charge in [0, 0.05) is 29.5 Å². The molecule has 1 aliphatic heterocycles. The number of aromatic nitrogens is 1. The molecule has 2 amide bonds. The number of carbonyl (C=O) groups is 2. The number of methoxy groups -OCH3 is 1. The monoisotopic (exact) mass is 405 g/mol. The van der Waals surface area contributed by atoms with Gasteiger partial charge in [0.1, 0.15) is 16.6 Å². The van der Waals surface area contributed by atoms with Crippen LogP contribution in [0.3, 0.4) is 0 Å². The molecule has 2 heterocycles. The predicted molar refractivity (Wildman–Crippen MR) is 105 cm³/mol. The van der Waals surface area contributed by atoms with Crippen LogP contribution < -0.4 is 15.4 Å². The van der Waals surface area contributed by atoms with Crippen LogP contribution in [0.2, 0.25) is 0 Å². The summed E-state index contributed by atoms with van der Waals surface area (Å²) in [5.74, 6) is 0.0405. The first-order chi connectivity index (χ1) is 13.4. The minimum Gasteiger partial charge on any atom is -0.497 e. The van der Waals surface area contributed by atoms with Crippen molar-refractivity contribution in [3.8, 4) is 5.75 Å². The van der Waals surface area contributed by atoms with Crippen LogP contribution in [0, 0.1) is 12.7 Å². The van der Waals surface area contributed by atoms with Gasteiger partial charge in [-0.15, -0.1) is 11.3 Å². The number of thiazole rings is 1. The summed E-state index contributed by atoms with van der Waals surface area (Å²) in [6.45, 7) is 2.30. The van der Waals surface area contributed by atoms with Gasteiger partial charge in [0.2, 0.25) is 11.8 Å². The molecule has 0 radical (unpaired) electrons. The maximum Gasteiger partial charge on any atom is 0.220 e. The highest BCUT2D eigenvalue weighted by molar-refractivity contribution is 7.09. The molecule has 1 aliphatic rings. The molecule has 6 nitrogen and oxygen atoms in total. The van der Waals surface area contributed by atoms with Crippen molar-refractivity contribution >= 4 is 23.2 Å². The van der Waals surface area contributed by atoms with Gasteiger partial charge in [0.05, 0.1) is 13.7 Å². The average Bonchev–Trinajstić information content (AvgIpc) is 3.26. The number of amides is 2. The Morgan fingerprint density at radius 2 is 2.29 bits per heavy atom. The van der Waals surface area contributed by atoms with Crippen molar-refractivity contribution in [1.82, 2.24) is 15.6 Å². The summed E-state index contributed by atoms with van der Waals surface area (Å²) in [4.78, 5) is 28.5. The summed E-state index contributed by atoms with van der Waals surface area (Å²) in [6, 6.07) is 4.57. The molecular formula is C20H24FN3O3S. The van der Waals surface area contributed by atoms with Crippen molar-refractivity contribution in [3.05, 3.63) is 45.7 Å². The molecule has 0 unspecified atom stereocenters. The Balaban J connectivity index is 1.63. The van der Waals surface area contributed by atoms with Crippen LogP contribution in [0.5, 0.6) is 5.75 Å². The number of hydrogen-bond acceptors (Lipinski definition) is 5. The van der Waals surface area contributed by atoms with Gasteiger partial charge in [-0.1, -0.05) is 0 Å². The number of aryl methyl sites for hydroxylation is 1. The van der Waals surface area contributed by atoms with Gasteiger partial charge < -0.3 is 15.4 Å². The number of nitrogens with zero attached hydrogens (tertiary/aromatic N) is 1. The highest BCUT2D eigenvalue weighted by Crippen LogP contribution is 2.31. The molecule has 1 fully saturated rings. The van der Waals surface area contributed by atoms with E-state index in [-0.39, 0.29) is 24.1 Å². The van der Waals surface area contributed by atoms with Crippen molar-refractivity contribution in [1.29, 1.82) is 0 Å². The molecule has 1 saturated heterocycles. The topological polar surface area (TPSA) is 80.3 Å². The van der Waals surface area contributed by atoms with E-state index in [4.69, 9.17) is 4.74 Å². The van der Waals surface area contributed by atoms with Gasteiger partial charge in [-0.2, -0.15) is 0 Å². The molecule has 1 aromatic carbocycles. The van der Waals surface area contributed by atoms with Crippen molar-refractivity contribution < 1.29 is 18.7 Å². The molecule has 0 bridgehead atoms. The van der Waals surface area contributed by atoms with Gasteiger partial charge in [-0.25, -0.2) is 9.37 Å². The maximum atomic E-state index is 14.3. The first-order valence-corrected chi connectivity index (χ1v) is 10.1. The number of ether oxygens (including phenoxy) is 1. The molecule has 0 saturated carbocycles. The van der Waals surface area contributed by atoms with Crippen LogP contribution in [-0.2, 0) is 22.6 Å². The number of carbonyl (C=O) groups excluding carboxylic acids is 2. The van der Waals surface area contributed by atoms with E-state index in [9.17, 15) is 14.0 Å². The lowest BCUT2D eigenvalue weighted by atomic mass is 9.84. The fourth-order valence-corrected chi connectivity index (χ4v) is 4.17. The second kappa shape index (κ2) is 8.68. The minimum absolute atomic E-state index is 0.0676. The zero-order valence-electron chi connectivity index (χ0n) is 16.0. The van der Waals surface area contributed by atoms with Gasteiger partial charge >= 0.3 is 0 Å². The highest BCUT2D eigenvalue weighted by atomic mass is 32.1. The molecule has 0 spiro atoms. The highest BCUT2D eigenvalue weighted by Gasteiger charge is 2.38. The summed E-state index contributed by atoms with van der Waals surface area (Å²) in [6.07, 6.45) is 1.96. The Kier molecular flexibility index (Phi) is 6.28. The number of halogens is 1. The second-order valence-corrected chi connectivity index (χ2v) is 8.06. The summed E-state index contributed by atoms with van der Waals surface area (Å²) < 4.78 is 19.5. The van der Waals surface area contributed by atoms with Gasteiger partial charge in [0.15, 0.2) is 0 Å². The maximum absolute atomic E-state index is 14.3. The standard InChI is InChI=1S/C20H24FN3O3S/c1-13-12-28-19(23-13)11-22-17(25)5-7-20(8-6-18(26)24-20)10-14-9-15(27-2)3-4-16(14)21/h3-4,9,12H,5-8,10-11H2,1-2H3,(H,22,25)(H,24,26)/t20-/m0/s1. The van der Waals surface area contributed by atoms with Crippen LogP contribution >= 0.6 is 11.3 Å². The van der Waals surface area contributed by atoms with E-state index in [1.54, 1.807) is 12.1 Å². The van der Waals surface area contributed by atoms with Crippen molar-refractivity contribution in [2.45, 2.75) is 51.1 Å². The zero-order valence-corrected chi connectivity index (χ0v) is 16.8. The molecule has 28 heavy (non-hydrogen) atoms. The predicted octanol–water partition coefficient (Wildman–Crippen LogP) is 2.89. The van der Waals surface area contributed by atoms with Crippen molar-refractivity contribution in [3.63, 3.8) is 0 Å². The smallest absolute Gasteiger partial charge is 0.220 e. The van der Waals surface area contributed by atoms with Gasteiger partial charge in [-0.05, 0) is 49.9 Å². The van der Waals surface area contributed by atoms with Crippen LogP contribution in [0.4, 0.5) is 4.39 Å². The van der Waals surface area contributed by atoms with E-state index < -0.39 is 5.54 Å². The Morgan fingerprint density at radius 1 is 1.46 bits per heavy atom. The minimum atomic E-state index is -0.626. The first kappa shape index (κ1) is 20.3. The summed E-state index contributed by atoms with van der Waals surface area (Å²) >= 11 is 1.50. The van der Waals surface area contributed by atoms with Crippen molar-refractivity contribution in [2.24, 2.45) is 0 Å². The fraction of sp³-hybridized carbons (Fsp3) is 0.450. The largest absolute Gasteiger partial charge is 0.497 e. The number of benzene rings is 1. The molecule has 2 N–H and O–H groups in total. The number of hydrogen-bond donors (Lipinski definition) is 2. The SMILES string of the molecule is COc1ccc(F)c(C[C@]2(CCC(=O)NCc3nc(C)cs3)CCC(=O)N2)c1. The molecule has 8 heteroatoms. The Bertz CT molecular complexity index is 870. The molecule has 1 atom stereocenters. The third-order valence-corrected chi connectivity index (χ3v) is 5.92. The molecule has 0 aliphatic carbocycles. The average molecular weight is 405 g/mol. The lowest BCUT2D eigenvalue weighted by Gasteiger charge is -2.29. The number of rotatable bonds is 8. The van der Waals surface area contributed by atoms with E-state index in [0.29, 0.717) is 43.5 Å². The molecule has 150 valence electrons. The zero-order chi connectivity index (χ0) is 20.1. The summed E-state index contributed by atoms with van der Waals surface area (Å²) in [7, 11) is 1.53. The molecule has 3 rings (SSSR count). The van der Waals surface area contributed by atoms with Crippen molar-refractivity contribution in [2.75, 3.05) is 7.11 Å². The van der Waals surface area contributed by atoms with E-state index >= 15 is 0 Å². The third-order valence-electron chi connectivity index (χ3n) is 4.95. The third kappa shape index (κ3) is 5.07. The normalized spacial score (nSPS) is 18.8. The van der Waals surface area contributed by atoms with E-state index in [1.807, 2.05) is 12.3 Å². The Hall–Kier alpha value is -2.48. The Morgan fingerprint density at radius 3 is 2.93 bits per heavy atom. The number of nitrogens with one attached hydrogen (secondary N) is 2. The van der Waals surface area contributed by atoms with E-state index in [0.717, 1.165) is 10.7 Å². The van der Waals surface area contributed by atoms with Gasteiger partial charge in [-0.3, -0.25) is 9.59 Å². The Labute approximate surface area is 167 Å². The van der Waals surface area contributed by atoms with Crippen LogP contribution in [0.15, 0.2) is 23.6 Å². The van der Waals surface area contributed by atoms with Crippen LogP contribution in [0.25, 0.3) is 0 Å². The van der Waals surface area contributed by atoms with E-state index in [1.165, 1.54) is 24.5 Å². The fourth-order valence-electron chi connectivity index (χ4n) is 3.46. The van der Waals surface area contributed by atoms with Crippen LogP contribution in [-0.4, -0.2) is 29.4 Å². The molecule has 2 aromatic rings. The lowest BCUT2D eigenvalue weighted by Crippen LogP contribution is -2.44. The molecule has 1 aromatic heterocycles.